The average molecular weight is 393 g/mol. The predicted octanol–water partition coefficient (Wildman–Crippen LogP) is 3.09. The Bertz CT molecular complexity index is 936. The second kappa shape index (κ2) is 10.3. The number of methoxy groups -OCH3 is 1. The molecule has 1 aromatic heterocycles. The van der Waals surface area contributed by atoms with Gasteiger partial charge in [0.15, 0.2) is 11.8 Å². The molecule has 3 N–H and O–H groups in total. The summed E-state index contributed by atoms with van der Waals surface area (Å²) in [5.41, 5.74) is 4.53. The van der Waals surface area contributed by atoms with Gasteiger partial charge in [0.1, 0.15) is 12.1 Å². The third-order valence-electron chi connectivity index (χ3n) is 4.50. The van der Waals surface area contributed by atoms with Crippen LogP contribution in [0, 0.1) is 6.92 Å². The van der Waals surface area contributed by atoms with E-state index in [1.807, 2.05) is 18.2 Å². The Hall–Kier alpha value is -3.35. The van der Waals surface area contributed by atoms with Crippen molar-refractivity contribution in [3.8, 4) is 17.1 Å². The van der Waals surface area contributed by atoms with Gasteiger partial charge in [0.2, 0.25) is 0 Å². The highest BCUT2D eigenvalue weighted by molar-refractivity contribution is 5.79. The molecule has 3 rings (SSSR count). The summed E-state index contributed by atoms with van der Waals surface area (Å²) in [5, 5.41) is 13.5. The van der Waals surface area contributed by atoms with E-state index in [0.717, 1.165) is 48.2 Å². The van der Waals surface area contributed by atoms with E-state index in [-0.39, 0.29) is 0 Å². The quantitative estimate of drug-likeness (QED) is 0.405. The number of nitrogens with one attached hydrogen (secondary N) is 3. The van der Waals surface area contributed by atoms with Crippen molar-refractivity contribution in [3.05, 3.63) is 65.5 Å². The SMILES string of the molecule is CCNC(=NCc1cccc(-c2ncn[nH]2)c1)NCCc1cc(C)ccc1OC. The highest BCUT2D eigenvalue weighted by Crippen LogP contribution is 2.20. The second-order valence-electron chi connectivity index (χ2n) is 6.72. The number of aryl methyl sites for hydroxylation is 1. The van der Waals surface area contributed by atoms with Crippen LogP contribution in [0.5, 0.6) is 5.75 Å². The molecule has 0 fully saturated rings. The van der Waals surface area contributed by atoms with Crippen molar-refractivity contribution >= 4 is 5.96 Å². The van der Waals surface area contributed by atoms with Crippen molar-refractivity contribution in [3.63, 3.8) is 0 Å². The molecule has 1 heterocycles. The fourth-order valence-electron chi connectivity index (χ4n) is 3.09. The number of hydrogen-bond donors (Lipinski definition) is 3. The zero-order chi connectivity index (χ0) is 20.5. The Morgan fingerprint density at radius 2 is 2.07 bits per heavy atom. The van der Waals surface area contributed by atoms with E-state index < -0.39 is 0 Å². The van der Waals surface area contributed by atoms with E-state index in [2.05, 4.69) is 63.9 Å². The summed E-state index contributed by atoms with van der Waals surface area (Å²) in [5.74, 6) is 2.47. The Balaban J connectivity index is 1.62. The molecule has 7 nitrogen and oxygen atoms in total. The summed E-state index contributed by atoms with van der Waals surface area (Å²) in [6.45, 7) is 6.30. The van der Waals surface area contributed by atoms with Crippen molar-refractivity contribution in [2.75, 3.05) is 20.2 Å². The third-order valence-corrected chi connectivity index (χ3v) is 4.50. The molecule has 0 saturated heterocycles. The van der Waals surface area contributed by atoms with Crippen molar-refractivity contribution in [1.82, 2.24) is 25.8 Å². The van der Waals surface area contributed by atoms with Gasteiger partial charge in [0, 0.05) is 18.7 Å². The minimum absolute atomic E-state index is 0.574. The average Bonchev–Trinajstić information content (AvgIpc) is 3.27. The molecule has 0 atom stereocenters. The normalized spacial score (nSPS) is 11.3. The van der Waals surface area contributed by atoms with Gasteiger partial charge in [0.05, 0.1) is 13.7 Å². The van der Waals surface area contributed by atoms with Crippen molar-refractivity contribution < 1.29 is 4.74 Å². The molecule has 29 heavy (non-hydrogen) atoms. The van der Waals surface area contributed by atoms with Crippen LogP contribution in [0.3, 0.4) is 0 Å². The number of aliphatic imine (C=N–C) groups is 1. The van der Waals surface area contributed by atoms with Crippen LogP contribution in [-0.2, 0) is 13.0 Å². The number of aromatic nitrogens is 3. The van der Waals surface area contributed by atoms with Gasteiger partial charge in [-0.3, -0.25) is 5.10 Å². The van der Waals surface area contributed by atoms with Gasteiger partial charge < -0.3 is 15.4 Å². The fourth-order valence-corrected chi connectivity index (χ4v) is 3.09. The minimum Gasteiger partial charge on any atom is -0.496 e. The van der Waals surface area contributed by atoms with Gasteiger partial charge in [-0.15, -0.1) is 0 Å². The summed E-state index contributed by atoms with van der Waals surface area (Å²) in [4.78, 5) is 8.92. The molecule has 0 radical (unpaired) electrons. The first-order chi connectivity index (χ1) is 14.2. The van der Waals surface area contributed by atoms with Gasteiger partial charge in [-0.2, -0.15) is 5.10 Å². The summed E-state index contributed by atoms with van der Waals surface area (Å²) >= 11 is 0. The van der Waals surface area contributed by atoms with Crippen LogP contribution in [0.4, 0.5) is 0 Å². The molecular weight excluding hydrogens is 364 g/mol. The molecule has 0 aliphatic heterocycles. The molecule has 0 saturated carbocycles. The maximum Gasteiger partial charge on any atom is 0.191 e. The molecule has 0 spiro atoms. The van der Waals surface area contributed by atoms with Crippen LogP contribution >= 0.6 is 0 Å². The van der Waals surface area contributed by atoms with Crippen molar-refractivity contribution in [2.45, 2.75) is 26.8 Å². The number of aromatic amines is 1. The molecule has 0 aliphatic carbocycles. The van der Waals surface area contributed by atoms with Crippen LogP contribution in [0.25, 0.3) is 11.4 Å². The lowest BCUT2D eigenvalue weighted by molar-refractivity contribution is 0.409. The summed E-state index contributed by atoms with van der Waals surface area (Å²) < 4.78 is 5.47. The third kappa shape index (κ3) is 5.81. The van der Waals surface area contributed by atoms with E-state index in [9.17, 15) is 0 Å². The lowest BCUT2D eigenvalue weighted by Gasteiger charge is -2.13. The molecule has 0 aliphatic rings. The second-order valence-corrected chi connectivity index (χ2v) is 6.72. The molecular formula is C22H28N6O. The van der Waals surface area contributed by atoms with Gasteiger partial charge in [-0.25, -0.2) is 9.98 Å². The van der Waals surface area contributed by atoms with E-state index in [0.29, 0.717) is 6.54 Å². The fraction of sp³-hybridized carbons (Fsp3) is 0.318. The lowest BCUT2D eigenvalue weighted by Crippen LogP contribution is -2.38. The van der Waals surface area contributed by atoms with E-state index in [1.54, 1.807) is 7.11 Å². The largest absolute Gasteiger partial charge is 0.496 e. The molecule has 0 bridgehead atoms. The molecule has 7 heteroatoms. The maximum atomic E-state index is 5.47. The first-order valence-electron chi connectivity index (χ1n) is 9.80. The smallest absolute Gasteiger partial charge is 0.191 e. The Morgan fingerprint density at radius 1 is 1.17 bits per heavy atom. The first-order valence-corrected chi connectivity index (χ1v) is 9.80. The number of nitrogens with zero attached hydrogens (tertiary/aromatic N) is 3. The molecule has 0 amide bonds. The Labute approximate surface area is 171 Å². The van der Waals surface area contributed by atoms with Gasteiger partial charge in [0.25, 0.3) is 0 Å². The van der Waals surface area contributed by atoms with E-state index in [4.69, 9.17) is 9.73 Å². The van der Waals surface area contributed by atoms with Crippen LogP contribution in [-0.4, -0.2) is 41.3 Å². The van der Waals surface area contributed by atoms with Gasteiger partial charge in [-0.1, -0.05) is 35.9 Å². The number of hydrogen-bond acceptors (Lipinski definition) is 4. The molecule has 2 aromatic carbocycles. The number of benzene rings is 2. The summed E-state index contributed by atoms with van der Waals surface area (Å²) in [6.07, 6.45) is 2.37. The Morgan fingerprint density at radius 3 is 2.83 bits per heavy atom. The zero-order valence-electron chi connectivity index (χ0n) is 17.2. The summed E-state index contributed by atoms with van der Waals surface area (Å²) in [7, 11) is 1.71. The van der Waals surface area contributed by atoms with Gasteiger partial charge in [-0.05, 0) is 43.5 Å². The monoisotopic (exact) mass is 392 g/mol. The van der Waals surface area contributed by atoms with Crippen LogP contribution < -0.4 is 15.4 Å². The number of rotatable bonds is 8. The Kier molecular flexibility index (Phi) is 7.22. The first kappa shape index (κ1) is 20.4. The van der Waals surface area contributed by atoms with Crippen LogP contribution in [0.1, 0.15) is 23.6 Å². The molecule has 152 valence electrons. The van der Waals surface area contributed by atoms with Gasteiger partial charge >= 0.3 is 0 Å². The lowest BCUT2D eigenvalue weighted by atomic mass is 10.1. The standard InChI is InChI=1S/C22H28N6O/c1-4-23-22(24-11-10-18-12-16(2)8-9-20(18)29-3)25-14-17-6-5-7-19(13-17)21-26-15-27-28-21/h5-9,12-13,15H,4,10-11,14H2,1-3H3,(H2,23,24,25)(H,26,27,28). The number of H-pyrrole nitrogens is 1. The predicted molar refractivity (Wildman–Crippen MR) is 116 cm³/mol. The van der Waals surface area contributed by atoms with Crippen molar-refractivity contribution in [1.29, 1.82) is 0 Å². The zero-order valence-corrected chi connectivity index (χ0v) is 17.2. The molecule has 0 unspecified atom stereocenters. The van der Waals surface area contributed by atoms with Crippen LogP contribution in [0.15, 0.2) is 53.8 Å². The van der Waals surface area contributed by atoms with Crippen LogP contribution in [0.2, 0.25) is 0 Å². The highest BCUT2D eigenvalue weighted by atomic mass is 16.5. The maximum absolute atomic E-state index is 5.47. The molecule has 3 aromatic rings. The minimum atomic E-state index is 0.574. The topological polar surface area (TPSA) is 87.2 Å². The highest BCUT2D eigenvalue weighted by Gasteiger charge is 2.05. The van der Waals surface area contributed by atoms with Crippen molar-refractivity contribution in [2.24, 2.45) is 4.99 Å². The van der Waals surface area contributed by atoms with E-state index >= 15 is 0 Å². The van der Waals surface area contributed by atoms with E-state index in [1.165, 1.54) is 17.5 Å². The summed E-state index contributed by atoms with van der Waals surface area (Å²) in [6, 6.07) is 14.4. The number of guanidine groups is 1. The number of ether oxygens (including phenoxy) is 1.